The van der Waals surface area contributed by atoms with Gasteiger partial charge in [0.15, 0.2) is 0 Å². The maximum absolute atomic E-state index is 11.8. The SMILES string of the molecule is CCOC(=O)CO[C@@H]1C2Cc3ccc(OC)cc3[C@@]1(C)CCN2C. The Hall–Kier alpha value is -1.59. The van der Waals surface area contributed by atoms with Crippen LogP contribution in [0.1, 0.15) is 31.4 Å². The molecule has 0 N–H and O–H groups in total. The summed E-state index contributed by atoms with van der Waals surface area (Å²) >= 11 is 0. The van der Waals surface area contributed by atoms with E-state index in [1.807, 2.05) is 13.0 Å². The Morgan fingerprint density at radius 2 is 2.21 bits per heavy atom. The number of likely N-dealkylation sites (N-methyl/N-ethyl adjacent to an activating group) is 1. The first-order valence-electron chi connectivity index (χ1n) is 8.64. The molecular formula is C19H27NO4. The third kappa shape index (κ3) is 2.91. The average molecular weight is 333 g/mol. The van der Waals surface area contributed by atoms with Crippen LogP contribution in [0.5, 0.6) is 5.75 Å². The molecule has 3 atom stereocenters. The van der Waals surface area contributed by atoms with Gasteiger partial charge in [-0.25, -0.2) is 4.79 Å². The van der Waals surface area contributed by atoms with Crippen LogP contribution < -0.4 is 4.74 Å². The van der Waals surface area contributed by atoms with Crippen molar-refractivity contribution in [1.29, 1.82) is 0 Å². The van der Waals surface area contributed by atoms with Gasteiger partial charge in [-0.15, -0.1) is 0 Å². The molecule has 24 heavy (non-hydrogen) atoms. The molecule has 5 nitrogen and oxygen atoms in total. The summed E-state index contributed by atoms with van der Waals surface area (Å²) in [5.74, 6) is 0.578. The minimum Gasteiger partial charge on any atom is -0.497 e. The van der Waals surface area contributed by atoms with Gasteiger partial charge in [-0.2, -0.15) is 0 Å². The van der Waals surface area contributed by atoms with E-state index in [4.69, 9.17) is 14.2 Å². The lowest BCUT2D eigenvalue weighted by Gasteiger charge is -2.54. The molecule has 0 aromatic heterocycles. The van der Waals surface area contributed by atoms with Gasteiger partial charge >= 0.3 is 5.97 Å². The molecule has 0 amide bonds. The van der Waals surface area contributed by atoms with Crippen LogP contribution in [-0.4, -0.2) is 56.9 Å². The molecule has 1 aliphatic heterocycles. The number of carbonyl (C=O) groups is 1. The molecule has 0 saturated carbocycles. The largest absolute Gasteiger partial charge is 0.497 e. The van der Waals surface area contributed by atoms with Crippen LogP contribution >= 0.6 is 0 Å². The van der Waals surface area contributed by atoms with Crippen molar-refractivity contribution >= 4 is 5.97 Å². The third-order valence-corrected chi connectivity index (χ3v) is 5.57. The van der Waals surface area contributed by atoms with Crippen molar-refractivity contribution in [2.24, 2.45) is 0 Å². The van der Waals surface area contributed by atoms with Crippen molar-refractivity contribution in [1.82, 2.24) is 4.90 Å². The average Bonchev–Trinajstić information content (AvgIpc) is 2.57. The predicted octanol–water partition coefficient (Wildman–Crippen LogP) is 2.16. The van der Waals surface area contributed by atoms with Crippen molar-refractivity contribution in [3.8, 4) is 5.75 Å². The molecule has 1 aromatic rings. The van der Waals surface area contributed by atoms with Gasteiger partial charge in [-0.05, 0) is 56.6 Å². The van der Waals surface area contributed by atoms with Crippen LogP contribution in [0.4, 0.5) is 0 Å². The maximum atomic E-state index is 11.8. The van der Waals surface area contributed by atoms with Gasteiger partial charge in [-0.3, -0.25) is 0 Å². The smallest absolute Gasteiger partial charge is 0.332 e. The Labute approximate surface area is 143 Å². The van der Waals surface area contributed by atoms with Crippen LogP contribution in [0.3, 0.4) is 0 Å². The maximum Gasteiger partial charge on any atom is 0.332 e. The van der Waals surface area contributed by atoms with E-state index in [0.29, 0.717) is 6.61 Å². The summed E-state index contributed by atoms with van der Waals surface area (Å²) in [6, 6.07) is 6.61. The van der Waals surface area contributed by atoms with Gasteiger partial charge in [0.1, 0.15) is 12.4 Å². The lowest BCUT2D eigenvalue weighted by molar-refractivity contribution is -0.157. The number of rotatable bonds is 5. The van der Waals surface area contributed by atoms with Crippen LogP contribution in [-0.2, 0) is 26.1 Å². The Balaban J connectivity index is 1.91. The van der Waals surface area contributed by atoms with Gasteiger partial charge in [-0.1, -0.05) is 13.0 Å². The molecule has 0 spiro atoms. The van der Waals surface area contributed by atoms with Crippen molar-refractivity contribution in [3.63, 3.8) is 0 Å². The van der Waals surface area contributed by atoms with E-state index in [1.54, 1.807) is 7.11 Å². The lowest BCUT2D eigenvalue weighted by atomic mass is 9.63. The van der Waals surface area contributed by atoms with E-state index >= 15 is 0 Å². The summed E-state index contributed by atoms with van der Waals surface area (Å²) < 4.78 is 16.6. The van der Waals surface area contributed by atoms with Gasteiger partial charge in [0.05, 0.1) is 19.8 Å². The molecule has 1 saturated heterocycles. The number of nitrogens with zero attached hydrogens (tertiary/aromatic N) is 1. The Morgan fingerprint density at radius 1 is 1.42 bits per heavy atom. The fourth-order valence-corrected chi connectivity index (χ4v) is 4.20. The number of ether oxygens (including phenoxy) is 3. The number of fused-ring (bicyclic) bond motifs is 4. The number of hydrogen-bond acceptors (Lipinski definition) is 5. The molecule has 1 unspecified atom stereocenters. The van der Waals surface area contributed by atoms with E-state index in [1.165, 1.54) is 11.1 Å². The van der Waals surface area contributed by atoms with Crippen LogP contribution in [0.2, 0.25) is 0 Å². The van der Waals surface area contributed by atoms with Gasteiger partial charge in [0, 0.05) is 11.5 Å². The highest BCUT2D eigenvalue weighted by Crippen LogP contribution is 2.46. The fourth-order valence-electron chi connectivity index (χ4n) is 4.20. The predicted molar refractivity (Wildman–Crippen MR) is 91.5 cm³/mol. The number of carbonyl (C=O) groups excluding carboxylic acids is 1. The van der Waals surface area contributed by atoms with E-state index in [9.17, 15) is 4.79 Å². The summed E-state index contributed by atoms with van der Waals surface area (Å²) in [5, 5.41) is 0. The lowest BCUT2D eigenvalue weighted by Crippen LogP contribution is -2.62. The molecule has 132 valence electrons. The number of esters is 1. The van der Waals surface area contributed by atoms with E-state index in [-0.39, 0.29) is 30.1 Å². The first-order valence-corrected chi connectivity index (χ1v) is 8.64. The Bertz CT molecular complexity index is 617. The summed E-state index contributed by atoms with van der Waals surface area (Å²) in [5.41, 5.74) is 2.53. The molecule has 1 heterocycles. The summed E-state index contributed by atoms with van der Waals surface area (Å²) in [7, 11) is 3.83. The van der Waals surface area contributed by atoms with Gasteiger partial charge in [0.25, 0.3) is 0 Å². The zero-order valence-electron chi connectivity index (χ0n) is 15.0. The van der Waals surface area contributed by atoms with Crippen molar-refractivity contribution < 1.29 is 19.0 Å². The number of likely N-dealkylation sites (tertiary alicyclic amines) is 1. The normalized spacial score (nSPS) is 29.0. The molecule has 0 radical (unpaired) electrons. The second-order valence-electron chi connectivity index (χ2n) is 6.98. The monoisotopic (exact) mass is 333 g/mol. The van der Waals surface area contributed by atoms with Crippen molar-refractivity contribution in [3.05, 3.63) is 29.3 Å². The quantitative estimate of drug-likeness (QED) is 0.773. The highest BCUT2D eigenvalue weighted by Gasteiger charge is 2.51. The first kappa shape index (κ1) is 17.2. The summed E-state index contributed by atoms with van der Waals surface area (Å²) in [6.07, 6.45) is 1.90. The molecule has 1 fully saturated rings. The minimum atomic E-state index is -0.293. The van der Waals surface area contributed by atoms with Gasteiger partial charge in [0.2, 0.25) is 0 Å². The van der Waals surface area contributed by atoms with Crippen LogP contribution in [0.15, 0.2) is 18.2 Å². The molecule has 1 aromatic carbocycles. The first-order chi connectivity index (χ1) is 11.5. The van der Waals surface area contributed by atoms with Crippen LogP contribution in [0.25, 0.3) is 0 Å². The van der Waals surface area contributed by atoms with Crippen LogP contribution in [0, 0.1) is 0 Å². The third-order valence-electron chi connectivity index (χ3n) is 5.57. The zero-order chi connectivity index (χ0) is 17.3. The second-order valence-corrected chi connectivity index (χ2v) is 6.98. The van der Waals surface area contributed by atoms with Gasteiger partial charge < -0.3 is 19.1 Å². The number of piperidine rings is 1. The molecule has 2 bridgehead atoms. The Kier molecular flexibility index (Phi) is 4.83. The molecule has 5 heteroatoms. The highest BCUT2D eigenvalue weighted by molar-refractivity contribution is 5.70. The topological polar surface area (TPSA) is 48.0 Å². The van der Waals surface area contributed by atoms with Crippen molar-refractivity contribution in [2.75, 3.05) is 33.9 Å². The highest BCUT2D eigenvalue weighted by atomic mass is 16.6. The van der Waals surface area contributed by atoms with Crippen molar-refractivity contribution in [2.45, 2.75) is 44.2 Å². The summed E-state index contributed by atoms with van der Waals surface area (Å²) in [4.78, 5) is 14.1. The van der Waals surface area contributed by atoms with E-state index in [0.717, 1.165) is 25.1 Å². The molecular weight excluding hydrogens is 306 g/mol. The fraction of sp³-hybridized carbons (Fsp3) is 0.632. The summed E-state index contributed by atoms with van der Waals surface area (Å²) in [6.45, 7) is 5.48. The number of benzene rings is 1. The van der Waals surface area contributed by atoms with E-state index in [2.05, 4.69) is 31.0 Å². The molecule has 3 rings (SSSR count). The van der Waals surface area contributed by atoms with E-state index < -0.39 is 0 Å². The number of hydrogen-bond donors (Lipinski definition) is 0. The standard InChI is InChI=1S/C19H27NO4/c1-5-23-17(21)12-24-18-16-10-13-6-7-14(22-4)11-15(13)19(18,2)8-9-20(16)3/h6-7,11,16,18H,5,8-10,12H2,1-4H3/t16?,18-,19-/m1/s1. The minimum absolute atomic E-state index is 0.0116. The second kappa shape index (κ2) is 6.73. The zero-order valence-corrected chi connectivity index (χ0v) is 15.0. The molecule has 2 aliphatic rings. The Morgan fingerprint density at radius 3 is 2.92 bits per heavy atom. The number of methoxy groups -OCH3 is 1. The molecule has 1 aliphatic carbocycles.